The zero-order valence-corrected chi connectivity index (χ0v) is 16.6. The second-order valence-corrected chi connectivity index (χ2v) is 7.97. The van der Waals surface area contributed by atoms with E-state index in [9.17, 15) is 0 Å². The average Bonchev–Trinajstić information content (AvgIpc) is 3.45. The standard InChI is InChI=1S/C23H26N4O2/c1-28-21-9-8-19(27-15-25-26-16-27)12-20(21)18-13-23(29-14-18)10-5-11-24-22(23)17-6-3-2-4-7-17/h2-4,6-9,12,15-16,18,22,24H,5,10-11,13-14H2,1H3/t18-,22+,23-/m1/s1. The smallest absolute Gasteiger partial charge is 0.123 e. The molecule has 3 atom stereocenters. The first kappa shape index (κ1) is 18.3. The number of nitrogens with one attached hydrogen (secondary N) is 1. The van der Waals surface area contributed by atoms with Gasteiger partial charge in [0.2, 0.25) is 0 Å². The van der Waals surface area contributed by atoms with Crippen LogP contribution in [0.1, 0.15) is 42.3 Å². The van der Waals surface area contributed by atoms with Crippen LogP contribution in [0, 0.1) is 0 Å². The van der Waals surface area contributed by atoms with Gasteiger partial charge in [-0.05, 0) is 49.6 Å². The number of hydrogen-bond donors (Lipinski definition) is 1. The average molecular weight is 390 g/mol. The van der Waals surface area contributed by atoms with Gasteiger partial charge in [-0.25, -0.2) is 0 Å². The molecular formula is C23H26N4O2. The third-order valence-electron chi connectivity index (χ3n) is 6.32. The fourth-order valence-corrected chi connectivity index (χ4v) is 4.94. The van der Waals surface area contributed by atoms with Gasteiger partial charge in [0.05, 0.1) is 25.4 Å². The van der Waals surface area contributed by atoms with Crippen LogP contribution in [0.4, 0.5) is 0 Å². The van der Waals surface area contributed by atoms with E-state index < -0.39 is 0 Å². The van der Waals surface area contributed by atoms with E-state index in [0.29, 0.717) is 6.61 Å². The van der Waals surface area contributed by atoms with Crippen LogP contribution < -0.4 is 10.1 Å². The fraction of sp³-hybridized carbons (Fsp3) is 0.391. The van der Waals surface area contributed by atoms with Crippen molar-refractivity contribution in [2.45, 2.75) is 36.8 Å². The molecule has 6 heteroatoms. The highest BCUT2D eigenvalue weighted by Gasteiger charge is 2.49. The number of methoxy groups -OCH3 is 1. The lowest BCUT2D eigenvalue weighted by molar-refractivity contribution is -0.0484. The Morgan fingerprint density at radius 3 is 2.76 bits per heavy atom. The number of rotatable bonds is 4. The third-order valence-corrected chi connectivity index (χ3v) is 6.32. The van der Waals surface area contributed by atoms with Crippen molar-refractivity contribution in [2.24, 2.45) is 0 Å². The molecule has 2 aliphatic rings. The minimum Gasteiger partial charge on any atom is -0.496 e. The number of aromatic nitrogens is 3. The lowest BCUT2D eigenvalue weighted by atomic mass is 9.77. The summed E-state index contributed by atoms with van der Waals surface area (Å²) in [6.45, 7) is 1.73. The van der Waals surface area contributed by atoms with E-state index in [4.69, 9.17) is 9.47 Å². The molecule has 6 nitrogen and oxygen atoms in total. The second kappa shape index (κ2) is 7.61. The number of ether oxygens (including phenoxy) is 2. The molecule has 0 aliphatic carbocycles. The lowest BCUT2D eigenvalue weighted by Crippen LogP contribution is -2.48. The van der Waals surface area contributed by atoms with Crippen LogP contribution in [0.5, 0.6) is 5.75 Å². The first-order chi connectivity index (χ1) is 14.3. The van der Waals surface area contributed by atoms with Crippen LogP contribution >= 0.6 is 0 Å². The Balaban J connectivity index is 1.47. The molecule has 2 fully saturated rings. The van der Waals surface area contributed by atoms with Crippen LogP contribution in [-0.2, 0) is 4.74 Å². The molecule has 0 radical (unpaired) electrons. The highest BCUT2D eigenvalue weighted by atomic mass is 16.5. The Morgan fingerprint density at radius 2 is 1.97 bits per heavy atom. The van der Waals surface area contributed by atoms with E-state index in [1.54, 1.807) is 19.8 Å². The molecule has 3 aromatic rings. The predicted octanol–water partition coefficient (Wildman–Crippen LogP) is 3.64. The van der Waals surface area contributed by atoms with Gasteiger partial charge in [-0.2, -0.15) is 0 Å². The molecule has 1 aromatic heterocycles. The molecule has 1 spiro atoms. The summed E-state index contributed by atoms with van der Waals surface area (Å²) in [6.07, 6.45) is 6.61. The molecule has 0 saturated carbocycles. The van der Waals surface area contributed by atoms with Gasteiger partial charge < -0.3 is 14.8 Å². The summed E-state index contributed by atoms with van der Waals surface area (Å²) < 4.78 is 14.2. The first-order valence-electron chi connectivity index (χ1n) is 10.2. The van der Waals surface area contributed by atoms with E-state index in [1.165, 1.54) is 11.1 Å². The van der Waals surface area contributed by atoms with E-state index >= 15 is 0 Å². The maximum Gasteiger partial charge on any atom is 0.123 e. The maximum absolute atomic E-state index is 6.60. The number of hydrogen-bond acceptors (Lipinski definition) is 5. The molecule has 0 unspecified atom stereocenters. The molecule has 3 heterocycles. The van der Waals surface area contributed by atoms with Gasteiger partial charge in [-0.1, -0.05) is 30.3 Å². The Morgan fingerprint density at radius 1 is 1.14 bits per heavy atom. The summed E-state index contributed by atoms with van der Waals surface area (Å²) in [5.74, 6) is 1.19. The van der Waals surface area contributed by atoms with E-state index in [0.717, 1.165) is 37.2 Å². The van der Waals surface area contributed by atoms with Gasteiger partial charge in [-0.3, -0.25) is 4.57 Å². The Labute approximate surface area is 170 Å². The van der Waals surface area contributed by atoms with Crippen LogP contribution in [-0.4, -0.2) is 40.6 Å². The first-order valence-corrected chi connectivity index (χ1v) is 10.2. The number of benzene rings is 2. The van der Waals surface area contributed by atoms with Gasteiger partial charge in [0, 0.05) is 17.2 Å². The molecule has 2 aliphatic heterocycles. The molecular weight excluding hydrogens is 364 g/mol. The van der Waals surface area contributed by atoms with Crippen molar-refractivity contribution in [1.82, 2.24) is 20.1 Å². The van der Waals surface area contributed by atoms with Crippen molar-refractivity contribution in [3.8, 4) is 11.4 Å². The van der Waals surface area contributed by atoms with Crippen molar-refractivity contribution in [2.75, 3.05) is 20.3 Å². The zero-order valence-electron chi connectivity index (χ0n) is 16.6. The Kier molecular flexibility index (Phi) is 4.81. The number of piperidine rings is 1. The predicted molar refractivity (Wildman–Crippen MR) is 110 cm³/mol. The lowest BCUT2D eigenvalue weighted by Gasteiger charge is -2.41. The van der Waals surface area contributed by atoms with Crippen molar-refractivity contribution < 1.29 is 9.47 Å². The van der Waals surface area contributed by atoms with Crippen molar-refractivity contribution >= 4 is 0 Å². The zero-order chi connectivity index (χ0) is 19.7. The van der Waals surface area contributed by atoms with Crippen molar-refractivity contribution in [1.29, 1.82) is 0 Å². The molecule has 150 valence electrons. The number of nitrogens with zero attached hydrogens (tertiary/aromatic N) is 3. The fourth-order valence-electron chi connectivity index (χ4n) is 4.94. The summed E-state index contributed by atoms with van der Waals surface area (Å²) in [5, 5.41) is 11.6. The minimum absolute atomic E-state index is 0.179. The normalized spacial score (nSPS) is 26.7. The van der Waals surface area contributed by atoms with Crippen LogP contribution in [0.25, 0.3) is 5.69 Å². The summed E-state index contributed by atoms with van der Waals surface area (Å²) >= 11 is 0. The maximum atomic E-state index is 6.60. The topological polar surface area (TPSA) is 61.2 Å². The third kappa shape index (κ3) is 3.32. The Hall–Kier alpha value is -2.70. The van der Waals surface area contributed by atoms with Crippen molar-refractivity contribution in [3.05, 3.63) is 72.3 Å². The molecule has 2 saturated heterocycles. The van der Waals surface area contributed by atoms with Gasteiger partial charge in [0.15, 0.2) is 0 Å². The van der Waals surface area contributed by atoms with Gasteiger partial charge in [0.25, 0.3) is 0 Å². The highest BCUT2D eigenvalue weighted by Crippen LogP contribution is 2.49. The molecule has 0 amide bonds. The van der Waals surface area contributed by atoms with E-state index in [2.05, 4.69) is 51.9 Å². The minimum atomic E-state index is -0.179. The molecule has 29 heavy (non-hydrogen) atoms. The van der Waals surface area contributed by atoms with E-state index in [-0.39, 0.29) is 17.6 Å². The van der Waals surface area contributed by atoms with Crippen LogP contribution in [0.15, 0.2) is 61.2 Å². The summed E-state index contributed by atoms with van der Waals surface area (Å²) in [5.41, 5.74) is 3.35. The van der Waals surface area contributed by atoms with Crippen LogP contribution in [0.2, 0.25) is 0 Å². The van der Waals surface area contributed by atoms with Gasteiger partial charge >= 0.3 is 0 Å². The summed E-state index contributed by atoms with van der Waals surface area (Å²) in [6, 6.07) is 17.2. The van der Waals surface area contributed by atoms with Crippen LogP contribution in [0.3, 0.4) is 0 Å². The SMILES string of the molecule is COc1ccc(-n2cnnc2)cc1[C@H]1CO[C@]2(CCCN[C@H]2c2ccccc2)C1. The summed E-state index contributed by atoms with van der Waals surface area (Å²) in [7, 11) is 1.73. The largest absolute Gasteiger partial charge is 0.496 e. The quantitative estimate of drug-likeness (QED) is 0.737. The summed E-state index contributed by atoms with van der Waals surface area (Å²) in [4.78, 5) is 0. The molecule has 1 N–H and O–H groups in total. The highest BCUT2D eigenvalue weighted by molar-refractivity contribution is 5.46. The molecule has 2 aromatic carbocycles. The Bertz CT molecular complexity index is 960. The van der Waals surface area contributed by atoms with Gasteiger partial charge in [0.1, 0.15) is 18.4 Å². The monoisotopic (exact) mass is 390 g/mol. The molecule has 5 rings (SSSR count). The van der Waals surface area contributed by atoms with Crippen molar-refractivity contribution in [3.63, 3.8) is 0 Å². The molecule has 0 bridgehead atoms. The van der Waals surface area contributed by atoms with Gasteiger partial charge in [-0.15, -0.1) is 10.2 Å². The van der Waals surface area contributed by atoms with E-state index in [1.807, 2.05) is 16.7 Å². The second-order valence-electron chi connectivity index (χ2n) is 7.97.